The Morgan fingerprint density at radius 3 is 2.15 bits per heavy atom. The number of rotatable bonds is 5. The van der Waals surface area contributed by atoms with E-state index in [1.54, 1.807) is 19.2 Å². The molecule has 0 radical (unpaired) electrons. The van der Waals surface area contributed by atoms with Crippen LogP contribution in [0.25, 0.3) is 0 Å². The molecule has 116 valence electrons. The van der Waals surface area contributed by atoms with Gasteiger partial charge in [0.1, 0.15) is 0 Å². The monoisotopic (exact) mass is 296 g/mol. The lowest BCUT2D eigenvalue weighted by Gasteiger charge is -2.33. The summed E-state index contributed by atoms with van der Waals surface area (Å²) in [6.07, 6.45) is -3.20. The van der Waals surface area contributed by atoms with Crippen molar-refractivity contribution in [3.05, 3.63) is 0 Å². The van der Waals surface area contributed by atoms with E-state index in [0.717, 1.165) is 12.8 Å². The number of carboxylic acid groups (broad SMARTS) is 1. The van der Waals surface area contributed by atoms with Crippen LogP contribution in [0.3, 0.4) is 0 Å². The van der Waals surface area contributed by atoms with Crippen LogP contribution in [0, 0.1) is 5.92 Å². The van der Waals surface area contributed by atoms with E-state index in [9.17, 15) is 22.8 Å². The highest BCUT2D eigenvalue weighted by Crippen LogP contribution is 2.32. The number of hydrogen-bond acceptors (Lipinski definition) is 2. The Balaban J connectivity index is 2.86. The van der Waals surface area contributed by atoms with E-state index in [4.69, 9.17) is 5.11 Å². The molecule has 0 bridgehead atoms. The zero-order valence-electron chi connectivity index (χ0n) is 11.6. The van der Waals surface area contributed by atoms with Gasteiger partial charge in [-0.1, -0.05) is 0 Å². The van der Waals surface area contributed by atoms with Crippen LogP contribution in [0.4, 0.5) is 18.0 Å². The van der Waals surface area contributed by atoms with Crippen molar-refractivity contribution in [2.75, 3.05) is 6.54 Å². The topological polar surface area (TPSA) is 69.6 Å². The Hall–Kier alpha value is -1.47. The molecule has 1 fully saturated rings. The normalized spacial score (nSPS) is 18.6. The van der Waals surface area contributed by atoms with Crippen LogP contribution in [-0.4, -0.2) is 46.3 Å². The van der Waals surface area contributed by atoms with E-state index < -0.39 is 23.7 Å². The fourth-order valence-electron chi connectivity index (χ4n) is 1.64. The number of hydrogen-bond donors (Lipinski definition) is 2. The fraction of sp³-hybridized carbons (Fsp3) is 0.833. The Kier molecular flexibility index (Phi) is 4.55. The minimum absolute atomic E-state index is 0.296. The number of nitrogens with zero attached hydrogens (tertiary/aromatic N) is 1. The second-order valence-corrected chi connectivity index (χ2v) is 5.55. The predicted molar refractivity (Wildman–Crippen MR) is 65.2 cm³/mol. The van der Waals surface area contributed by atoms with Crippen molar-refractivity contribution in [2.24, 2.45) is 5.92 Å². The molecule has 20 heavy (non-hydrogen) atoms. The maximum atomic E-state index is 12.8. The fourth-order valence-corrected chi connectivity index (χ4v) is 1.64. The molecule has 0 aromatic heterocycles. The number of halogens is 3. The predicted octanol–water partition coefficient (Wildman–Crippen LogP) is 2.22. The van der Waals surface area contributed by atoms with Gasteiger partial charge in [0, 0.05) is 12.6 Å². The SMILES string of the molecule is CC(C)N(CC1CC1)C(=O)NC(C)(C(=O)O)C(F)(F)F. The second kappa shape index (κ2) is 5.49. The van der Waals surface area contributed by atoms with Gasteiger partial charge in [-0.15, -0.1) is 0 Å². The highest BCUT2D eigenvalue weighted by molar-refractivity contribution is 5.86. The number of aliphatic carboxylic acids is 1. The molecule has 0 saturated heterocycles. The number of carbonyl (C=O) groups is 2. The number of nitrogens with one attached hydrogen (secondary N) is 1. The van der Waals surface area contributed by atoms with Crippen molar-refractivity contribution in [1.82, 2.24) is 10.2 Å². The Labute approximate surface area is 115 Å². The van der Waals surface area contributed by atoms with Gasteiger partial charge in [-0.2, -0.15) is 13.2 Å². The molecule has 2 amide bonds. The molecule has 8 heteroatoms. The van der Waals surface area contributed by atoms with Crippen molar-refractivity contribution in [3.8, 4) is 0 Å². The summed E-state index contributed by atoms with van der Waals surface area (Å²) in [7, 11) is 0. The van der Waals surface area contributed by atoms with Gasteiger partial charge in [0.15, 0.2) is 0 Å². The highest BCUT2D eigenvalue weighted by Gasteiger charge is 2.59. The van der Waals surface area contributed by atoms with E-state index in [1.165, 1.54) is 4.90 Å². The lowest BCUT2D eigenvalue weighted by atomic mass is 10.0. The molecular weight excluding hydrogens is 277 g/mol. The second-order valence-electron chi connectivity index (χ2n) is 5.55. The highest BCUT2D eigenvalue weighted by atomic mass is 19.4. The summed E-state index contributed by atoms with van der Waals surface area (Å²) in [5.74, 6) is -1.83. The van der Waals surface area contributed by atoms with E-state index >= 15 is 0 Å². The minimum Gasteiger partial charge on any atom is -0.479 e. The lowest BCUT2D eigenvalue weighted by molar-refractivity contribution is -0.203. The maximum Gasteiger partial charge on any atom is 0.422 e. The van der Waals surface area contributed by atoms with Gasteiger partial charge in [0.05, 0.1) is 0 Å². The standard InChI is InChI=1S/C12H19F3N2O3/c1-7(2)17(6-8-4-5-8)10(20)16-11(3,9(18)19)12(13,14)15/h7-8H,4-6H2,1-3H3,(H,16,20)(H,18,19). The van der Waals surface area contributed by atoms with Crippen LogP contribution in [0.2, 0.25) is 0 Å². The van der Waals surface area contributed by atoms with Crippen molar-refractivity contribution in [3.63, 3.8) is 0 Å². The first-order chi connectivity index (χ1) is 8.99. The van der Waals surface area contributed by atoms with Crippen LogP contribution in [0.15, 0.2) is 0 Å². The van der Waals surface area contributed by atoms with Gasteiger partial charge < -0.3 is 15.3 Å². The molecule has 1 rings (SSSR count). The summed E-state index contributed by atoms with van der Waals surface area (Å²) in [6.45, 7) is 4.14. The van der Waals surface area contributed by atoms with Crippen molar-refractivity contribution in [2.45, 2.75) is 51.4 Å². The van der Waals surface area contributed by atoms with Crippen molar-refractivity contribution >= 4 is 12.0 Å². The van der Waals surface area contributed by atoms with Crippen LogP contribution >= 0.6 is 0 Å². The van der Waals surface area contributed by atoms with Gasteiger partial charge in [-0.25, -0.2) is 9.59 Å². The summed E-state index contributed by atoms with van der Waals surface area (Å²) >= 11 is 0. The molecule has 1 saturated carbocycles. The molecule has 1 aliphatic rings. The van der Waals surface area contributed by atoms with Crippen LogP contribution in [0.5, 0.6) is 0 Å². The van der Waals surface area contributed by atoms with Crippen molar-refractivity contribution in [1.29, 1.82) is 0 Å². The number of amides is 2. The third-order valence-electron chi connectivity index (χ3n) is 3.39. The molecule has 1 atom stereocenters. The van der Waals surface area contributed by atoms with Crippen molar-refractivity contribution < 1.29 is 27.9 Å². The van der Waals surface area contributed by atoms with E-state index in [-0.39, 0.29) is 6.04 Å². The average Bonchev–Trinajstić information content (AvgIpc) is 3.06. The molecule has 0 aromatic carbocycles. The smallest absolute Gasteiger partial charge is 0.422 e. The molecule has 0 spiro atoms. The Morgan fingerprint density at radius 1 is 1.35 bits per heavy atom. The van der Waals surface area contributed by atoms with Crippen LogP contribution in [-0.2, 0) is 4.79 Å². The third kappa shape index (κ3) is 3.55. The summed E-state index contributed by atoms with van der Waals surface area (Å²) < 4.78 is 38.5. The van der Waals surface area contributed by atoms with E-state index in [0.29, 0.717) is 19.4 Å². The number of carboxylic acids is 1. The van der Waals surface area contributed by atoms with E-state index in [1.807, 2.05) is 0 Å². The lowest BCUT2D eigenvalue weighted by Crippen LogP contribution is -2.64. The van der Waals surface area contributed by atoms with Gasteiger partial charge in [0.25, 0.3) is 0 Å². The first-order valence-electron chi connectivity index (χ1n) is 6.38. The summed E-state index contributed by atoms with van der Waals surface area (Å²) in [6, 6.07) is -1.31. The molecule has 0 aromatic rings. The first-order valence-corrected chi connectivity index (χ1v) is 6.38. The summed E-state index contributed by atoms with van der Waals surface area (Å²) in [4.78, 5) is 24.1. The molecule has 0 heterocycles. The summed E-state index contributed by atoms with van der Waals surface area (Å²) in [5.41, 5.74) is -3.29. The molecule has 1 aliphatic carbocycles. The third-order valence-corrected chi connectivity index (χ3v) is 3.39. The number of alkyl halides is 3. The zero-order valence-corrected chi connectivity index (χ0v) is 11.6. The quantitative estimate of drug-likeness (QED) is 0.817. The van der Waals surface area contributed by atoms with Gasteiger partial charge in [-0.05, 0) is 39.5 Å². The Morgan fingerprint density at radius 2 is 1.85 bits per heavy atom. The minimum atomic E-state index is -5.07. The van der Waals surface area contributed by atoms with Gasteiger partial charge in [0.2, 0.25) is 5.54 Å². The molecule has 0 aliphatic heterocycles. The summed E-state index contributed by atoms with van der Waals surface area (Å²) in [5, 5.41) is 10.4. The van der Waals surface area contributed by atoms with Crippen LogP contribution < -0.4 is 5.32 Å². The number of urea groups is 1. The zero-order chi connectivity index (χ0) is 15.7. The van der Waals surface area contributed by atoms with Gasteiger partial charge in [-0.3, -0.25) is 0 Å². The molecular formula is C12H19F3N2O3. The Bertz CT molecular complexity index is 394. The molecule has 5 nitrogen and oxygen atoms in total. The first kappa shape index (κ1) is 16.6. The van der Waals surface area contributed by atoms with Crippen LogP contribution in [0.1, 0.15) is 33.6 Å². The van der Waals surface area contributed by atoms with Gasteiger partial charge >= 0.3 is 18.2 Å². The largest absolute Gasteiger partial charge is 0.479 e. The maximum absolute atomic E-state index is 12.8. The average molecular weight is 296 g/mol. The molecule has 1 unspecified atom stereocenters. The molecule has 2 N–H and O–H groups in total. The van der Waals surface area contributed by atoms with E-state index in [2.05, 4.69) is 0 Å². The number of carbonyl (C=O) groups excluding carboxylic acids is 1.